The van der Waals surface area contributed by atoms with Crippen molar-refractivity contribution < 1.29 is 9.72 Å². The summed E-state index contributed by atoms with van der Waals surface area (Å²) in [7, 11) is 0. The summed E-state index contributed by atoms with van der Waals surface area (Å²) >= 11 is 5.57. The van der Waals surface area contributed by atoms with Crippen LogP contribution < -0.4 is 0 Å². The molecule has 0 aliphatic rings. The SMILES string of the molecule is O=CCc1ccc(Cl)cc1[N+](=O)[O-]. The quantitative estimate of drug-likeness (QED) is 0.425. The third-order valence-electron chi connectivity index (χ3n) is 1.55. The Kier molecular flexibility index (Phi) is 2.97. The molecular formula is C8H6ClNO3. The van der Waals surface area contributed by atoms with Crippen molar-refractivity contribution in [3.05, 3.63) is 38.9 Å². The maximum Gasteiger partial charge on any atom is 0.274 e. The van der Waals surface area contributed by atoms with Crippen LogP contribution in [0.15, 0.2) is 18.2 Å². The predicted octanol–water partition coefficient (Wildman–Crippen LogP) is 1.99. The molecule has 0 spiro atoms. The van der Waals surface area contributed by atoms with E-state index in [0.29, 0.717) is 16.9 Å². The third-order valence-corrected chi connectivity index (χ3v) is 1.78. The van der Waals surface area contributed by atoms with E-state index >= 15 is 0 Å². The van der Waals surface area contributed by atoms with Crippen molar-refractivity contribution in [2.45, 2.75) is 6.42 Å². The van der Waals surface area contributed by atoms with Gasteiger partial charge in [0.05, 0.1) is 4.92 Å². The van der Waals surface area contributed by atoms with E-state index in [9.17, 15) is 14.9 Å². The highest BCUT2D eigenvalue weighted by atomic mass is 35.5. The lowest BCUT2D eigenvalue weighted by molar-refractivity contribution is -0.385. The van der Waals surface area contributed by atoms with E-state index in [2.05, 4.69) is 0 Å². The van der Waals surface area contributed by atoms with Gasteiger partial charge in [0.25, 0.3) is 5.69 Å². The molecule has 5 heteroatoms. The molecule has 0 fully saturated rings. The molecule has 0 saturated heterocycles. The summed E-state index contributed by atoms with van der Waals surface area (Å²) < 4.78 is 0. The summed E-state index contributed by atoms with van der Waals surface area (Å²) in [6, 6.07) is 4.24. The van der Waals surface area contributed by atoms with Crippen LogP contribution in [0.4, 0.5) is 5.69 Å². The largest absolute Gasteiger partial charge is 0.303 e. The van der Waals surface area contributed by atoms with Crippen molar-refractivity contribution in [1.29, 1.82) is 0 Å². The summed E-state index contributed by atoms with van der Waals surface area (Å²) in [5.41, 5.74) is 0.268. The molecule has 0 bridgehead atoms. The molecule has 0 aromatic heterocycles. The summed E-state index contributed by atoms with van der Waals surface area (Å²) in [6.07, 6.45) is 0.656. The van der Waals surface area contributed by atoms with Crippen LogP contribution in [-0.2, 0) is 11.2 Å². The number of nitro benzene ring substituents is 1. The maximum absolute atomic E-state index is 10.5. The summed E-state index contributed by atoms with van der Waals surface area (Å²) in [5, 5.41) is 10.8. The number of aldehydes is 1. The standard InChI is InChI=1S/C8H6ClNO3/c9-7-2-1-6(3-4-11)8(5-7)10(12)13/h1-2,4-5H,3H2. The van der Waals surface area contributed by atoms with Crippen molar-refractivity contribution in [1.82, 2.24) is 0 Å². The van der Waals surface area contributed by atoms with Crippen LogP contribution in [0.2, 0.25) is 5.02 Å². The first-order valence-corrected chi connectivity index (χ1v) is 3.89. The molecule has 13 heavy (non-hydrogen) atoms. The Balaban J connectivity index is 3.17. The Morgan fingerprint density at radius 2 is 2.23 bits per heavy atom. The minimum atomic E-state index is -0.551. The van der Waals surface area contributed by atoms with Crippen molar-refractivity contribution in [3.63, 3.8) is 0 Å². The van der Waals surface area contributed by atoms with E-state index in [4.69, 9.17) is 11.6 Å². The second-order valence-electron chi connectivity index (χ2n) is 2.40. The van der Waals surface area contributed by atoms with Gasteiger partial charge in [-0.2, -0.15) is 0 Å². The van der Waals surface area contributed by atoms with Gasteiger partial charge in [-0.25, -0.2) is 0 Å². The molecule has 0 atom stereocenters. The fourth-order valence-corrected chi connectivity index (χ4v) is 1.14. The molecule has 0 heterocycles. The topological polar surface area (TPSA) is 60.2 Å². The van der Waals surface area contributed by atoms with Crippen LogP contribution in [0.25, 0.3) is 0 Å². The van der Waals surface area contributed by atoms with Crippen LogP contribution in [0.5, 0.6) is 0 Å². The zero-order valence-corrected chi connectivity index (χ0v) is 7.32. The minimum absolute atomic E-state index is 0.0352. The van der Waals surface area contributed by atoms with Crippen molar-refractivity contribution in [2.24, 2.45) is 0 Å². The highest BCUT2D eigenvalue weighted by Gasteiger charge is 2.12. The summed E-state index contributed by atoms with van der Waals surface area (Å²) in [4.78, 5) is 20.1. The van der Waals surface area contributed by atoms with Crippen LogP contribution in [0, 0.1) is 10.1 Å². The highest BCUT2D eigenvalue weighted by molar-refractivity contribution is 6.30. The minimum Gasteiger partial charge on any atom is -0.303 e. The van der Waals surface area contributed by atoms with E-state index in [-0.39, 0.29) is 12.1 Å². The fraction of sp³-hybridized carbons (Fsp3) is 0.125. The van der Waals surface area contributed by atoms with Crippen molar-refractivity contribution in [2.75, 3.05) is 0 Å². The van der Waals surface area contributed by atoms with Crippen LogP contribution in [0.3, 0.4) is 0 Å². The number of nitrogens with zero attached hydrogens (tertiary/aromatic N) is 1. The van der Waals surface area contributed by atoms with Crippen LogP contribution in [-0.4, -0.2) is 11.2 Å². The molecule has 0 unspecified atom stereocenters. The summed E-state index contributed by atoms with van der Waals surface area (Å²) in [6.45, 7) is 0. The van der Waals surface area contributed by atoms with E-state index in [1.165, 1.54) is 18.2 Å². The average Bonchev–Trinajstić information content (AvgIpc) is 2.08. The Morgan fingerprint density at radius 1 is 1.54 bits per heavy atom. The molecule has 0 aliphatic heterocycles. The molecule has 1 aromatic rings. The smallest absolute Gasteiger partial charge is 0.274 e. The molecule has 0 aliphatic carbocycles. The van der Waals surface area contributed by atoms with E-state index in [1.54, 1.807) is 0 Å². The number of rotatable bonds is 3. The zero-order chi connectivity index (χ0) is 9.84. The number of nitro groups is 1. The van der Waals surface area contributed by atoms with Crippen molar-refractivity contribution in [3.8, 4) is 0 Å². The Bertz CT molecular complexity index is 351. The number of hydrogen-bond donors (Lipinski definition) is 0. The molecular weight excluding hydrogens is 194 g/mol. The van der Waals surface area contributed by atoms with E-state index < -0.39 is 4.92 Å². The third kappa shape index (κ3) is 2.26. The molecule has 68 valence electrons. The molecule has 0 radical (unpaired) electrons. The number of hydrogen-bond acceptors (Lipinski definition) is 3. The molecule has 0 amide bonds. The Labute approximate surface area is 79.3 Å². The molecule has 4 nitrogen and oxygen atoms in total. The molecule has 1 rings (SSSR count). The van der Waals surface area contributed by atoms with Gasteiger partial charge in [-0.3, -0.25) is 10.1 Å². The monoisotopic (exact) mass is 199 g/mol. The predicted molar refractivity (Wildman–Crippen MR) is 47.9 cm³/mol. The average molecular weight is 200 g/mol. The van der Waals surface area contributed by atoms with Gasteiger partial charge in [-0.05, 0) is 6.07 Å². The normalized spacial score (nSPS) is 9.62. The number of benzene rings is 1. The first kappa shape index (κ1) is 9.67. The maximum atomic E-state index is 10.5. The number of halogens is 1. The molecule has 0 saturated carbocycles. The Morgan fingerprint density at radius 3 is 2.77 bits per heavy atom. The van der Waals surface area contributed by atoms with Crippen LogP contribution >= 0.6 is 11.6 Å². The highest BCUT2D eigenvalue weighted by Crippen LogP contribution is 2.22. The first-order valence-electron chi connectivity index (χ1n) is 3.51. The number of carbonyl (C=O) groups excluding carboxylic acids is 1. The van der Waals surface area contributed by atoms with Gasteiger partial charge in [-0.15, -0.1) is 0 Å². The van der Waals surface area contributed by atoms with Gasteiger partial charge in [0.1, 0.15) is 6.29 Å². The first-order chi connectivity index (χ1) is 6.15. The lowest BCUT2D eigenvalue weighted by Crippen LogP contribution is -1.95. The Hall–Kier alpha value is -1.42. The van der Waals surface area contributed by atoms with Crippen LogP contribution in [0.1, 0.15) is 5.56 Å². The van der Waals surface area contributed by atoms with Gasteiger partial charge in [0.2, 0.25) is 0 Å². The lowest BCUT2D eigenvalue weighted by Gasteiger charge is -1.98. The summed E-state index contributed by atoms with van der Waals surface area (Å²) in [5.74, 6) is 0. The van der Waals surface area contributed by atoms with Gasteiger partial charge in [0, 0.05) is 23.1 Å². The second-order valence-corrected chi connectivity index (χ2v) is 2.84. The number of carbonyl (C=O) groups is 1. The van der Waals surface area contributed by atoms with Gasteiger partial charge < -0.3 is 4.79 Å². The van der Waals surface area contributed by atoms with Gasteiger partial charge in [0.15, 0.2) is 0 Å². The van der Waals surface area contributed by atoms with E-state index in [1.807, 2.05) is 0 Å². The van der Waals surface area contributed by atoms with E-state index in [0.717, 1.165) is 0 Å². The second kappa shape index (κ2) is 4.00. The van der Waals surface area contributed by atoms with Crippen molar-refractivity contribution >= 4 is 23.6 Å². The lowest BCUT2D eigenvalue weighted by atomic mass is 10.1. The van der Waals surface area contributed by atoms with Gasteiger partial charge >= 0.3 is 0 Å². The van der Waals surface area contributed by atoms with Gasteiger partial charge in [-0.1, -0.05) is 17.7 Å². The molecule has 0 N–H and O–H groups in total. The fourth-order valence-electron chi connectivity index (χ4n) is 0.969. The zero-order valence-electron chi connectivity index (χ0n) is 6.57. The molecule has 1 aromatic carbocycles.